The van der Waals surface area contributed by atoms with Crippen molar-refractivity contribution in [2.45, 2.75) is 26.7 Å². The maximum Gasteiger partial charge on any atom is 0.359 e. The van der Waals surface area contributed by atoms with Crippen LogP contribution in [0.15, 0.2) is 18.2 Å². The van der Waals surface area contributed by atoms with Crippen molar-refractivity contribution in [1.29, 1.82) is 0 Å². The molecule has 9 nitrogen and oxygen atoms in total. The zero-order valence-corrected chi connectivity index (χ0v) is 17.0. The Hall–Kier alpha value is -2.94. The van der Waals surface area contributed by atoms with E-state index in [4.69, 9.17) is 22.1 Å². The summed E-state index contributed by atoms with van der Waals surface area (Å²) in [5.41, 5.74) is 6.87. The number of amides is 2. The number of hydrogen-bond donors (Lipinski definition) is 1. The van der Waals surface area contributed by atoms with Gasteiger partial charge in [0.2, 0.25) is 5.91 Å². The number of aryl methyl sites for hydroxylation is 2. The minimum atomic E-state index is -0.793. The van der Waals surface area contributed by atoms with Gasteiger partial charge in [0.25, 0.3) is 5.91 Å². The Balaban J connectivity index is 1.64. The van der Waals surface area contributed by atoms with Gasteiger partial charge in [-0.2, -0.15) is 5.10 Å². The van der Waals surface area contributed by atoms with Crippen molar-refractivity contribution in [2.24, 2.45) is 11.7 Å². The van der Waals surface area contributed by atoms with E-state index in [0.717, 1.165) is 11.4 Å². The first-order valence-electron chi connectivity index (χ1n) is 9.20. The molecule has 0 radical (unpaired) electrons. The van der Waals surface area contributed by atoms with Crippen molar-refractivity contribution in [2.75, 3.05) is 19.7 Å². The second kappa shape index (κ2) is 8.60. The first-order valence-corrected chi connectivity index (χ1v) is 9.58. The van der Waals surface area contributed by atoms with Crippen LogP contribution in [0.1, 0.15) is 34.7 Å². The topological polar surface area (TPSA) is 120 Å². The third-order valence-corrected chi connectivity index (χ3v) is 5.13. The Bertz CT molecular complexity index is 950. The zero-order chi connectivity index (χ0) is 21.1. The number of esters is 1. The average molecular weight is 420 g/mol. The maximum atomic E-state index is 12.4. The van der Waals surface area contributed by atoms with Crippen molar-refractivity contribution in [3.05, 3.63) is 40.3 Å². The van der Waals surface area contributed by atoms with Crippen LogP contribution in [0.2, 0.25) is 5.02 Å². The molecule has 0 aromatic carbocycles. The number of primary amides is 1. The molecule has 10 heteroatoms. The molecule has 1 aliphatic rings. The van der Waals surface area contributed by atoms with E-state index < -0.39 is 12.6 Å². The van der Waals surface area contributed by atoms with Crippen LogP contribution in [-0.2, 0) is 14.3 Å². The minimum Gasteiger partial charge on any atom is -0.451 e. The number of likely N-dealkylation sites (tertiary alicyclic amines) is 1. The monoisotopic (exact) mass is 419 g/mol. The van der Waals surface area contributed by atoms with Crippen LogP contribution < -0.4 is 5.73 Å². The second-order valence-corrected chi connectivity index (χ2v) is 7.38. The van der Waals surface area contributed by atoms with Crippen LogP contribution in [0, 0.1) is 19.8 Å². The molecular weight excluding hydrogens is 398 g/mol. The lowest BCUT2D eigenvalue weighted by Gasteiger charge is -2.30. The lowest BCUT2D eigenvalue weighted by atomic mass is 9.96. The third kappa shape index (κ3) is 4.73. The zero-order valence-electron chi connectivity index (χ0n) is 16.2. The normalized spacial score (nSPS) is 14.7. The van der Waals surface area contributed by atoms with Crippen molar-refractivity contribution < 1.29 is 19.1 Å². The van der Waals surface area contributed by atoms with E-state index in [9.17, 15) is 14.4 Å². The first kappa shape index (κ1) is 20.8. The lowest BCUT2D eigenvalue weighted by molar-refractivity contribution is -0.137. The minimum absolute atomic E-state index is 0.0862. The van der Waals surface area contributed by atoms with Crippen LogP contribution in [0.25, 0.3) is 5.82 Å². The van der Waals surface area contributed by atoms with Gasteiger partial charge < -0.3 is 15.4 Å². The van der Waals surface area contributed by atoms with Crippen molar-refractivity contribution in [1.82, 2.24) is 19.7 Å². The fourth-order valence-corrected chi connectivity index (χ4v) is 3.44. The van der Waals surface area contributed by atoms with Gasteiger partial charge in [0, 0.05) is 24.7 Å². The summed E-state index contributed by atoms with van der Waals surface area (Å²) in [4.78, 5) is 41.7. The molecule has 2 amide bonds. The van der Waals surface area contributed by atoms with E-state index in [0.29, 0.717) is 31.7 Å². The standard InChI is InChI=1S/C19H22ClN5O4/c1-11-9-12(2)25(23-11)15-4-3-14(20)17(22-15)19(28)29-10-16(26)24-7-5-13(6-8-24)18(21)27/h3-4,9,13H,5-8,10H2,1-2H3,(H2,21,27). The summed E-state index contributed by atoms with van der Waals surface area (Å²) in [6.45, 7) is 4.09. The average Bonchev–Trinajstić information content (AvgIpc) is 3.04. The van der Waals surface area contributed by atoms with E-state index in [1.807, 2.05) is 19.9 Å². The molecular formula is C19H22ClN5O4. The molecule has 1 fully saturated rings. The van der Waals surface area contributed by atoms with E-state index in [1.165, 1.54) is 6.07 Å². The largest absolute Gasteiger partial charge is 0.451 e. The number of pyridine rings is 1. The number of aromatic nitrogens is 3. The Labute approximate surface area is 172 Å². The van der Waals surface area contributed by atoms with E-state index in [2.05, 4.69) is 10.1 Å². The van der Waals surface area contributed by atoms with Crippen LogP contribution in [-0.4, -0.2) is 57.1 Å². The SMILES string of the molecule is Cc1cc(C)n(-c2ccc(Cl)c(C(=O)OCC(=O)N3CCC(C(N)=O)CC3)n2)n1. The van der Waals surface area contributed by atoms with Gasteiger partial charge >= 0.3 is 5.97 Å². The summed E-state index contributed by atoms with van der Waals surface area (Å²) in [6.07, 6.45) is 1.01. The molecule has 29 heavy (non-hydrogen) atoms. The molecule has 154 valence electrons. The Morgan fingerprint density at radius 3 is 2.52 bits per heavy atom. The van der Waals surface area contributed by atoms with Gasteiger partial charge in [-0.1, -0.05) is 11.6 Å². The first-order chi connectivity index (χ1) is 13.8. The van der Waals surface area contributed by atoms with Gasteiger partial charge in [-0.15, -0.1) is 0 Å². The van der Waals surface area contributed by atoms with E-state index in [1.54, 1.807) is 15.6 Å². The highest BCUT2D eigenvalue weighted by Crippen LogP contribution is 2.19. The molecule has 0 bridgehead atoms. The fourth-order valence-electron chi connectivity index (χ4n) is 3.25. The summed E-state index contributed by atoms with van der Waals surface area (Å²) >= 11 is 6.10. The van der Waals surface area contributed by atoms with Crippen LogP contribution in [0.3, 0.4) is 0 Å². The maximum absolute atomic E-state index is 12.4. The molecule has 2 N–H and O–H groups in total. The molecule has 3 heterocycles. The quantitative estimate of drug-likeness (QED) is 0.731. The number of nitrogens with two attached hydrogens (primary N) is 1. The summed E-state index contributed by atoms with van der Waals surface area (Å²) < 4.78 is 6.72. The van der Waals surface area contributed by atoms with Crippen LogP contribution in [0.4, 0.5) is 0 Å². The molecule has 0 atom stereocenters. The number of rotatable bonds is 5. The molecule has 0 aliphatic carbocycles. The predicted molar refractivity (Wildman–Crippen MR) is 105 cm³/mol. The van der Waals surface area contributed by atoms with E-state index in [-0.39, 0.29) is 28.4 Å². The molecule has 2 aromatic rings. The van der Waals surface area contributed by atoms with Crippen molar-refractivity contribution >= 4 is 29.4 Å². The fraction of sp³-hybridized carbons (Fsp3) is 0.421. The Kier molecular flexibility index (Phi) is 6.17. The molecule has 2 aromatic heterocycles. The summed E-state index contributed by atoms with van der Waals surface area (Å²) in [7, 11) is 0. The number of ether oxygens (including phenoxy) is 1. The summed E-state index contributed by atoms with van der Waals surface area (Å²) in [5.74, 6) is -1.29. The Morgan fingerprint density at radius 2 is 1.93 bits per heavy atom. The van der Waals surface area contributed by atoms with Crippen LogP contribution in [0.5, 0.6) is 0 Å². The summed E-state index contributed by atoms with van der Waals surface area (Å²) in [6, 6.07) is 5.06. The number of carbonyl (C=O) groups is 3. The van der Waals surface area contributed by atoms with Gasteiger partial charge in [0.1, 0.15) is 0 Å². The van der Waals surface area contributed by atoms with Gasteiger partial charge in [-0.25, -0.2) is 14.5 Å². The third-order valence-electron chi connectivity index (χ3n) is 4.83. The molecule has 3 rings (SSSR count). The highest BCUT2D eigenvalue weighted by Gasteiger charge is 2.27. The van der Waals surface area contributed by atoms with Crippen molar-refractivity contribution in [3.8, 4) is 5.82 Å². The van der Waals surface area contributed by atoms with Crippen molar-refractivity contribution in [3.63, 3.8) is 0 Å². The number of carbonyl (C=O) groups excluding carboxylic acids is 3. The molecule has 0 unspecified atom stereocenters. The number of piperidine rings is 1. The highest BCUT2D eigenvalue weighted by atomic mass is 35.5. The van der Waals surface area contributed by atoms with E-state index >= 15 is 0 Å². The second-order valence-electron chi connectivity index (χ2n) is 6.97. The molecule has 1 aliphatic heterocycles. The highest BCUT2D eigenvalue weighted by molar-refractivity contribution is 6.33. The number of nitrogens with zero attached hydrogens (tertiary/aromatic N) is 4. The van der Waals surface area contributed by atoms with Gasteiger partial charge in [-0.05, 0) is 44.9 Å². The summed E-state index contributed by atoms with van der Waals surface area (Å²) in [5, 5.41) is 4.45. The van der Waals surface area contributed by atoms with Crippen LogP contribution >= 0.6 is 11.6 Å². The lowest BCUT2D eigenvalue weighted by Crippen LogP contribution is -2.43. The molecule has 0 spiro atoms. The smallest absolute Gasteiger partial charge is 0.359 e. The van der Waals surface area contributed by atoms with Gasteiger partial charge in [0.15, 0.2) is 18.1 Å². The molecule has 1 saturated heterocycles. The van der Waals surface area contributed by atoms with Gasteiger partial charge in [-0.3, -0.25) is 9.59 Å². The number of halogens is 1. The number of hydrogen-bond acceptors (Lipinski definition) is 6. The molecule has 0 saturated carbocycles. The Morgan fingerprint density at radius 1 is 1.24 bits per heavy atom. The van der Waals surface area contributed by atoms with Gasteiger partial charge in [0.05, 0.1) is 10.7 Å². The predicted octanol–water partition coefficient (Wildman–Crippen LogP) is 1.42.